The van der Waals surface area contributed by atoms with Crippen LogP contribution in [0.15, 0.2) is 65.4 Å². The van der Waals surface area contributed by atoms with Gasteiger partial charge in [0.15, 0.2) is 0 Å². The lowest BCUT2D eigenvalue weighted by Gasteiger charge is -2.18. The Kier molecular flexibility index (Phi) is 5.87. The van der Waals surface area contributed by atoms with Gasteiger partial charge in [-0.2, -0.15) is 0 Å². The zero-order valence-corrected chi connectivity index (χ0v) is 17.5. The third-order valence-electron chi connectivity index (χ3n) is 5.08. The summed E-state index contributed by atoms with van der Waals surface area (Å²) in [5.41, 5.74) is 5.37. The molecule has 5 heteroatoms. The molecular formula is C24H26N2O3. The number of amides is 1. The Hall–Kier alpha value is -3.34. The Morgan fingerprint density at radius 3 is 2.21 bits per heavy atom. The lowest BCUT2D eigenvalue weighted by Crippen LogP contribution is -2.24. The van der Waals surface area contributed by atoms with Crippen molar-refractivity contribution in [2.75, 3.05) is 26.1 Å². The number of benzene rings is 2. The number of methoxy groups -OCH3 is 1. The third-order valence-corrected chi connectivity index (χ3v) is 5.08. The molecule has 2 aromatic carbocycles. The Morgan fingerprint density at radius 2 is 1.66 bits per heavy atom. The molecule has 0 atom stereocenters. The summed E-state index contributed by atoms with van der Waals surface area (Å²) in [4.78, 5) is 29.3. The van der Waals surface area contributed by atoms with E-state index in [9.17, 15) is 9.59 Å². The van der Waals surface area contributed by atoms with Gasteiger partial charge >= 0.3 is 5.97 Å². The van der Waals surface area contributed by atoms with Crippen molar-refractivity contribution in [2.45, 2.75) is 20.4 Å². The van der Waals surface area contributed by atoms with Crippen molar-refractivity contribution >= 4 is 23.6 Å². The van der Waals surface area contributed by atoms with Crippen LogP contribution in [0.3, 0.4) is 0 Å². The highest BCUT2D eigenvalue weighted by atomic mass is 16.5. The van der Waals surface area contributed by atoms with Crippen LogP contribution >= 0.6 is 0 Å². The number of nitrogens with zero attached hydrogens (tertiary/aromatic N) is 2. The summed E-state index contributed by atoms with van der Waals surface area (Å²) in [6, 6.07) is 15.8. The molecule has 0 bridgehead atoms. The van der Waals surface area contributed by atoms with Crippen molar-refractivity contribution in [1.82, 2.24) is 4.90 Å². The molecule has 0 unspecified atom stereocenters. The first-order chi connectivity index (χ1) is 13.8. The minimum absolute atomic E-state index is 0.194. The highest BCUT2D eigenvalue weighted by molar-refractivity contribution is 6.16. The van der Waals surface area contributed by atoms with Gasteiger partial charge in [-0.05, 0) is 43.2 Å². The van der Waals surface area contributed by atoms with E-state index in [0.717, 1.165) is 22.4 Å². The molecule has 3 rings (SSSR count). The van der Waals surface area contributed by atoms with Gasteiger partial charge in [-0.25, -0.2) is 4.79 Å². The molecule has 0 radical (unpaired) electrons. The second-order valence-electron chi connectivity index (χ2n) is 7.37. The summed E-state index contributed by atoms with van der Waals surface area (Å²) in [6.45, 7) is 4.21. The smallest absolute Gasteiger partial charge is 0.340 e. The fourth-order valence-electron chi connectivity index (χ4n) is 3.33. The van der Waals surface area contributed by atoms with E-state index in [1.807, 2.05) is 74.4 Å². The largest absolute Gasteiger partial charge is 0.465 e. The predicted octanol–water partition coefficient (Wildman–Crippen LogP) is 3.93. The van der Waals surface area contributed by atoms with Gasteiger partial charge in [-0.1, -0.05) is 42.0 Å². The maximum absolute atomic E-state index is 13.2. The zero-order valence-electron chi connectivity index (χ0n) is 17.5. The van der Waals surface area contributed by atoms with Crippen LogP contribution in [-0.4, -0.2) is 38.0 Å². The van der Waals surface area contributed by atoms with Crippen LogP contribution in [0.2, 0.25) is 0 Å². The average molecular weight is 390 g/mol. The summed E-state index contributed by atoms with van der Waals surface area (Å²) < 4.78 is 4.96. The van der Waals surface area contributed by atoms with Crippen molar-refractivity contribution in [2.24, 2.45) is 0 Å². The number of hydrogen-bond acceptors (Lipinski definition) is 4. The van der Waals surface area contributed by atoms with E-state index in [0.29, 0.717) is 23.4 Å². The first-order valence-electron chi connectivity index (χ1n) is 9.48. The lowest BCUT2D eigenvalue weighted by molar-refractivity contribution is -0.136. The number of aryl methyl sites for hydroxylation is 1. The van der Waals surface area contributed by atoms with E-state index in [1.54, 1.807) is 17.9 Å². The highest BCUT2D eigenvalue weighted by Gasteiger charge is 2.36. The molecule has 0 fully saturated rings. The molecule has 0 saturated heterocycles. The maximum atomic E-state index is 13.2. The lowest BCUT2D eigenvalue weighted by atomic mass is 10.0. The van der Waals surface area contributed by atoms with E-state index in [1.165, 1.54) is 7.11 Å². The molecule has 1 aliphatic rings. The Morgan fingerprint density at radius 1 is 1.03 bits per heavy atom. The van der Waals surface area contributed by atoms with Gasteiger partial charge < -0.3 is 14.5 Å². The molecule has 2 aromatic rings. The predicted molar refractivity (Wildman–Crippen MR) is 115 cm³/mol. The van der Waals surface area contributed by atoms with Gasteiger partial charge in [0.05, 0.1) is 24.8 Å². The number of anilines is 1. The minimum Gasteiger partial charge on any atom is -0.465 e. The van der Waals surface area contributed by atoms with Crippen molar-refractivity contribution in [3.63, 3.8) is 0 Å². The Bertz CT molecular complexity index is 984. The van der Waals surface area contributed by atoms with Crippen molar-refractivity contribution < 1.29 is 14.3 Å². The second kappa shape index (κ2) is 8.35. The molecule has 0 N–H and O–H groups in total. The van der Waals surface area contributed by atoms with Gasteiger partial charge in [0.25, 0.3) is 5.91 Å². The summed E-state index contributed by atoms with van der Waals surface area (Å²) >= 11 is 0. The number of hydrogen-bond donors (Lipinski definition) is 0. The molecule has 0 saturated carbocycles. The first kappa shape index (κ1) is 20.4. The van der Waals surface area contributed by atoms with Crippen molar-refractivity contribution in [1.29, 1.82) is 0 Å². The molecule has 1 heterocycles. The minimum atomic E-state index is -0.501. The highest BCUT2D eigenvalue weighted by Crippen LogP contribution is 2.33. The molecular weight excluding hydrogens is 364 g/mol. The molecule has 29 heavy (non-hydrogen) atoms. The number of allylic oxidation sites excluding steroid dienone is 1. The van der Waals surface area contributed by atoms with E-state index in [-0.39, 0.29) is 5.91 Å². The van der Waals surface area contributed by atoms with Gasteiger partial charge in [0.1, 0.15) is 0 Å². The summed E-state index contributed by atoms with van der Waals surface area (Å²) in [5.74, 6) is -0.696. The molecule has 150 valence electrons. The van der Waals surface area contributed by atoms with Gasteiger partial charge in [-0.15, -0.1) is 0 Å². The monoisotopic (exact) mass is 390 g/mol. The summed E-state index contributed by atoms with van der Waals surface area (Å²) in [5, 5.41) is 0. The first-order valence-corrected chi connectivity index (χ1v) is 9.48. The van der Waals surface area contributed by atoms with E-state index in [2.05, 4.69) is 0 Å². The maximum Gasteiger partial charge on any atom is 0.340 e. The van der Waals surface area contributed by atoms with Crippen LogP contribution in [0.1, 0.15) is 23.6 Å². The number of carbonyl (C=O) groups excluding carboxylic acids is 2. The summed E-state index contributed by atoms with van der Waals surface area (Å²) in [7, 11) is 5.27. The quantitative estimate of drug-likeness (QED) is 0.573. The normalized spacial score (nSPS) is 15.3. The molecule has 0 aromatic heterocycles. The second-order valence-corrected chi connectivity index (χ2v) is 7.37. The molecule has 0 spiro atoms. The van der Waals surface area contributed by atoms with Gasteiger partial charge in [0, 0.05) is 25.5 Å². The molecule has 0 aliphatic carbocycles. The van der Waals surface area contributed by atoms with Crippen molar-refractivity contribution in [3.8, 4) is 0 Å². The summed E-state index contributed by atoms with van der Waals surface area (Å²) in [6.07, 6.45) is 1.76. The standard InChI is InChI=1S/C24H26N2O3/c1-16-6-8-19(9-7-16)15-26-17(2)22(24(28)29-5)21(23(26)27)14-18-10-12-20(13-11-18)25(3)4/h6-14H,15H2,1-5H3/b21-14-. The molecule has 5 nitrogen and oxygen atoms in total. The van der Waals surface area contributed by atoms with Crippen LogP contribution in [0.25, 0.3) is 6.08 Å². The Balaban J connectivity index is 1.98. The van der Waals surface area contributed by atoms with Crippen LogP contribution in [0.5, 0.6) is 0 Å². The van der Waals surface area contributed by atoms with E-state index >= 15 is 0 Å². The number of ether oxygens (including phenoxy) is 1. The van der Waals surface area contributed by atoms with Crippen LogP contribution in [-0.2, 0) is 20.9 Å². The number of esters is 1. The fraction of sp³-hybridized carbons (Fsp3) is 0.250. The zero-order chi connectivity index (χ0) is 21.1. The third kappa shape index (κ3) is 4.24. The average Bonchev–Trinajstić information content (AvgIpc) is 2.93. The molecule has 1 aliphatic heterocycles. The topological polar surface area (TPSA) is 49.9 Å². The van der Waals surface area contributed by atoms with Crippen molar-refractivity contribution in [3.05, 3.63) is 82.1 Å². The van der Waals surface area contributed by atoms with Gasteiger partial charge in [-0.3, -0.25) is 4.79 Å². The number of carbonyl (C=O) groups is 2. The van der Waals surface area contributed by atoms with Crippen LogP contribution < -0.4 is 4.90 Å². The van der Waals surface area contributed by atoms with E-state index < -0.39 is 5.97 Å². The number of rotatable bonds is 5. The molecule has 1 amide bonds. The van der Waals surface area contributed by atoms with Gasteiger partial charge in [0.2, 0.25) is 0 Å². The van der Waals surface area contributed by atoms with E-state index in [4.69, 9.17) is 4.74 Å². The SMILES string of the molecule is COC(=O)C1=C(C)N(Cc2ccc(C)cc2)C(=O)/C1=C\c1ccc(N(C)C)cc1. The van der Waals surface area contributed by atoms with Crippen LogP contribution in [0, 0.1) is 6.92 Å². The van der Waals surface area contributed by atoms with Crippen LogP contribution in [0.4, 0.5) is 5.69 Å². The Labute approximate surface area is 171 Å². The fourth-order valence-corrected chi connectivity index (χ4v) is 3.33.